The van der Waals surface area contributed by atoms with Gasteiger partial charge in [0.05, 0.1) is 5.56 Å². The molecular weight excluding hydrogens is 380 g/mol. The van der Waals surface area contributed by atoms with Crippen LogP contribution in [0.5, 0.6) is 0 Å². The minimum atomic E-state index is -1.25. The van der Waals surface area contributed by atoms with Gasteiger partial charge in [0.2, 0.25) is 6.10 Å². The standard InChI is InChI=1S/C24H22N2O4/c1-2-25-24(29)26-22(27)21(19-11-7-4-8-12-19)30-23(28)20-15-13-18(14-16-20)17-9-5-3-6-10-17/h3-16,21H,2H2,1H3,(H2,25,26,27,29)/t21-/m1/s1. The molecule has 152 valence electrons. The first-order valence-electron chi connectivity index (χ1n) is 9.58. The van der Waals surface area contributed by atoms with Crippen molar-refractivity contribution in [3.05, 3.63) is 96.1 Å². The van der Waals surface area contributed by atoms with Crippen LogP contribution in [-0.2, 0) is 9.53 Å². The van der Waals surface area contributed by atoms with E-state index in [-0.39, 0.29) is 0 Å². The van der Waals surface area contributed by atoms with Crippen LogP contribution in [0.4, 0.5) is 4.79 Å². The van der Waals surface area contributed by atoms with Gasteiger partial charge in [0.1, 0.15) is 0 Å². The Bertz CT molecular complexity index is 1000. The molecule has 0 radical (unpaired) electrons. The zero-order valence-corrected chi connectivity index (χ0v) is 16.5. The Morgan fingerprint density at radius 2 is 1.37 bits per heavy atom. The summed E-state index contributed by atoms with van der Waals surface area (Å²) in [6.45, 7) is 2.10. The van der Waals surface area contributed by atoms with E-state index in [0.29, 0.717) is 17.7 Å². The summed E-state index contributed by atoms with van der Waals surface area (Å²) in [7, 11) is 0. The van der Waals surface area contributed by atoms with Crippen LogP contribution >= 0.6 is 0 Å². The van der Waals surface area contributed by atoms with E-state index in [1.165, 1.54) is 0 Å². The molecule has 0 saturated carbocycles. The highest BCUT2D eigenvalue weighted by atomic mass is 16.5. The van der Waals surface area contributed by atoms with Crippen LogP contribution in [0, 0.1) is 0 Å². The van der Waals surface area contributed by atoms with Crippen LogP contribution in [0.3, 0.4) is 0 Å². The number of carbonyl (C=O) groups excluding carboxylic acids is 3. The fraction of sp³-hybridized carbons (Fsp3) is 0.125. The molecule has 3 amide bonds. The van der Waals surface area contributed by atoms with Crippen LogP contribution in [0.25, 0.3) is 11.1 Å². The number of benzene rings is 3. The molecule has 3 aromatic carbocycles. The molecule has 0 fully saturated rings. The van der Waals surface area contributed by atoms with E-state index in [1.807, 2.05) is 42.5 Å². The maximum absolute atomic E-state index is 12.7. The van der Waals surface area contributed by atoms with Gasteiger partial charge >= 0.3 is 12.0 Å². The third kappa shape index (κ3) is 5.32. The first-order valence-corrected chi connectivity index (χ1v) is 9.58. The largest absolute Gasteiger partial charge is 0.444 e. The van der Waals surface area contributed by atoms with Crippen molar-refractivity contribution in [1.29, 1.82) is 0 Å². The molecule has 0 spiro atoms. The number of imide groups is 1. The molecule has 0 aliphatic carbocycles. The van der Waals surface area contributed by atoms with Gasteiger partial charge in [-0.25, -0.2) is 9.59 Å². The summed E-state index contributed by atoms with van der Waals surface area (Å²) in [6, 6.07) is 24.6. The van der Waals surface area contributed by atoms with Crippen molar-refractivity contribution in [2.75, 3.05) is 6.54 Å². The van der Waals surface area contributed by atoms with Crippen molar-refractivity contribution >= 4 is 17.9 Å². The van der Waals surface area contributed by atoms with Crippen molar-refractivity contribution in [3.8, 4) is 11.1 Å². The summed E-state index contributed by atoms with van der Waals surface area (Å²) in [5.41, 5.74) is 2.76. The van der Waals surface area contributed by atoms with Gasteiger partial charge in [0.15, 0.2) is 0 Å². The summed E-state index contributed by atoms with van der Waals surface area (Å²) in [4.78, 5) is 37.0. The summed E-state index contributed by atoms with van der Waals surface area (Å²) in [5.74, 6) is -1.38. The normalized spacial score (nSPS) is 11.2. The average Bonchev–Trinajstić information content (AvgIpc) is 2.78. The van der Waals surface area contributed by atoms with Crippen LogP contribution in [0.15, 0.2) is 84.9 Å². The number of amides is 3. The second-order valence-corrected chi connectivity index (χ2v) is 6.49. The topological polar surface area (TPSA) is 84.5 Å². The zero-order chi connectivity index (χ0) is 21.3. The van der Waals surface area contributed by atoms with Crippen molar-refractivity contribution in [1.82, 2.24) is 10.6 Å². The van der Waals surface area contributed by atoms with Gasteiger partial charge in [-0.3, -0.25) is 10.1 Å². The van der Waals surface area contributed by atoms with Gasteiger partial charge in [-0.05, 0) is 30.2 Å². The second kappa shape index (κ2) is 10.0. The van der Waals surface area contributed by atoms with Gasteiger partial charge in [0.25, 0.3) is 5.91 Å². The third-order valence-corrected chi connectivity index (χ3v) is 4.37. The Kier molecular flexibility index (Phi) is 6.95. The van der Waals surface area contributed by atoms with Crippen LogP contribution in [-0.4, -0.2) is 24.5 Å². The van der Waals surface area contributed by atoms with Crippen LogP contribution in [0.1, 0.15) is 28.9 Å². The quantitative estimate of drug-likeness (QED) is 0.608. The number of hydrogen-bond acceptors (Lipinski definition) is 4. The summed E-state index contributed by atoms with van der Waals surface area (Å²) < 4.78 is 5.48. The number of esters is 1. The Labute approximate surface area is 174 Å². The van der Waals surface area contributed by atoms with E-state index in [4.69, 9.17) is 4.74 Å². The average molecular weight is 402 g/mol. The lowest BCUT2D eigenvalue weighted by molar-refractivity contribution is -0.129. The molecule has 30 heavy (non-hydrogen) atoms. The van der Waals surface area contributed by atoms with Crippen LogP contribution in [0.2, 0.25) is 0 Å². The molecule has 0 unspecified atom stereocenters. The molecule has 3 rings (SSSR count). The maximum atomic E-state index is 12.7. The number of urea groups is 1. The lowest BCUT2D eigenvalue weighted by Crippen LogP contribution is -2.42. The highest BCUT2D eigenvalue weighted by Gasteiger charge is 2.27. The molecule has 0 heterocycles. The lowest BCUT2D eigenvalue weighted by atomic mass is 10.0. The van der Waals surface area contributed by atoms with Gasteiger partial charge < -0.3 is 10.1 Å². The molecule has 6 heteroatoms. The van der Waals surface area contributed by atoms with Gasteiger partial charge in [-0.1, -0.05) is 72.8 Å². The van der Waals surface area contributed by atoms with E-state index in [9.17, 15) is 14.4 Å². The van der Waals surface area contributed by atoms with Gasteiger partial charge in [0, 0.05) is 12.1 Å². The molecule has 1 atom stereocenters. The number of nitrogens with one attached hydrogen (secondary N) is 2. The Morgan fingerprint density at radius 3 is 1.97 bits per heavy atom. The van der Waals surface area contributed by atoms with Crippen molar-refractivity contribution in [2.24, 2.45) is 0 Å². The molecule has 0 aliphatic rings. The molecule has 0 saturated heterocycles. The first-order chi connectivity index (χ1) is 14.6. The van der Waals surface area contributed by atoms with E-state index in [2.05, 4.69) is 10.6 Å². The molecule has 3 aromatic rings. The molecule has 0 aromatic heterocycles. The number of ether oxygens (including phenoxy) is 1. The lowest BCUT2D eigenvalue weighted by Gasteiger charge is -2.18. The fourth-order valence-corrected chi connectivity index (χ4v) is 2.89. The fourth-order valence-electron chi connectivity index (χ4n) is 2.89. The highest BCUT2D eigenvalue weighted by molar-refractivity contribution is 5.99. The van der Waals surface area contributed by atoms with Gasteiger partial charge in [-0.15, -0.1) is 0 Å². The summed E-state index contributed by atoms with van der Waals surface area (Å²) >= 11 is 0. The molecular formula is C24H22N2O4. The molecule has 6 nitrogen and oxygen atoms in total. The van der Waals surface area contributed by atoms with E-state index in [1.54, 1.807) is 49.4 Å². The SMILES string of the molecule is CCNC(=O)NC(=O)[C@H](OC(=O)c1ccc(-c2ccccc2)cc1)c1ccccc1. The first kappa shape index (κ1) is 20.8. The summed E-state index contributed by atoms with van der Waals surface area (Å²) in [5, 5.41) is 4.68. The van der Waals surface area contributed by atoms with Crippen molar-refractivity contribution in [3.63, 3.8) is 0 Å². The number of carbonyl (C=O) groups is 3. The Morgan fingerprint density at radius 1 is 0.800 bits per heavy atom. The Hall–Kier alpha value is -3.93. The van der Waals surface area contributed by atoms with Crippen LogP contribution < -0.4 is 10.6 Å². The monoisotopic (exact) mass is 402 g/mol. The predicted octanol–water partition coefficient (Wildman–Crippen LogP) is 4.10. The highest BCUT2D eigenvalue weighted by Crippen LogP contribution is 2.22. The molecule has 2 N–H and O–H groups in total. The number of hydrogen-bond donors (Lipinski definition) is 2. The predicted molar refractivity (Wildman–Crippen MR) is 114 cm³/mol. The van der Waals surface area contributed by atoms with E-state index < -0.39 is 24.0 Å². The van der Waals surface area contributed by atoms with Crippen molar-refractivity contribution < 1.29 is 19.1 Å². The molecule has 0 bridgehead atoms. The van der Waals surface area contributed by atoms with E-state index in [0.717, 1.165) is 11.1 Å². The zero-order valence-electron chi connectivity index (χ0n) is 16.5. The second-order valence-electron chi connectivity index (χ2n) is 6.49. The minimum absolute atomic E-state index is 0.307. The van der Waals surface area contributed by atoms with Gasteiger partial charge in [-0.2, -0.15) is 0 Å². The van der Waals surface area contributed by atoms with Crippen molar-refractivity contribution in [2.45, 2.75) is 13.0 Å². The smallest absolute Gasteiger partial charge is 0.339 e. The molecule has 0 aliphatic heterocycles. The Balaban J connectivity index is 1.77. The third-order valence-electron chi connectivity index (χ3n) is 4.37. The van der Waals surface area contributed by atoms with E-state index >= 15 is 0 Å². The maximum Gasteiger partial charge on any atom is 0.339 e. The summed E-state index contributed by atoms with van der Waals surface area (Å²) in [6.07, 6.45) is -1.25. The number of rotatable bonds is 6. The minimum Gasteiger partial charge on any atom is -0.444 e.